The van der Waals surface area contributed by atoms with Crippen molar-refractivity contribution < 1.29 is 23.8 Å². The number of rotatable bonds is 15. The quantitative estimate of drug-likeness (QED) is 0.130. The predicted octanol–water partition coefficient (Wildman–Crippen LogP) is 4.65. The molecular weight excluding hydrogens is 659 g/mol. The first-order valence-corrected chi connectivity index (χ1v) is 17.6. The highest BCUT2D eigenvalue weighted by Gasteiger charge is 2.30. The zero-order valence-electron chi connectivity index (χ0n) is 28.0. The van der Waals surface area contributed by atoms with Crippen LogP contribution in [-0.2, 0) is 35.5 Å². The molecule has 14 nitrogen and oxygen atoms in total. The molecule has 0 bridgehead atoms. The summed E-state index contributed by atoms with van der Waals surface area (Å²) in [6, 6.07) is 9.55. The molecule has 1 aromatic carbocycles. The number of nitrogens with one attached hydrogen (secondary N) is 3. The first-order chi connectivity index (χ1) is 24.5. The number of hydrogen-bond acceptors (Lipinski definition) is 12. The van der Waals surface area contributed by atoms with Crippen LogP contribution in [0.25, 0.3) is 21.5 Å². The van der Waals surface area contributed by atoms with Gasteiger partial charge in [-0.1, -0.05) is 5.21 Å². The lowest BCUT2D eigenvalue weighted by molar-refractivity contribution is -0.117. The van der Waals surface area contributed by atoms with Gasteiger partial charge in [-0.05, 0) is 74.4 Å². The van der Waals surface area contributed by atoms with Crippen LogP contribution in [0, 0.1) is 5.92 Å². The van der Waals surface area contributed by atoms with Crippen LogP contribution < -0.4 is 25.4 Å². The molecule has 0 aliphatic heterocycles. The van der Waals surface area contributed by atoms with E-state index in [-0.39, 0.29) is 43.4 Å². The van der Waals surface area contributed by atoms with Crippen LogP contribution in [0.15, 0.2) is 42.7 Å². The Labute approximate surface area is 293 Å². The molecule has 260 valence electrons. The predicted molar refractivity (Wildman–Crippen MR) is 189 cm³/mol. The van der Waals surface area contributed by atoms with Crippen molar-refractivity contribution in [2.45, 2.75) is 51.7 Å². The maximum atomic E-state index is 12.6. The van der Waals surface area contributed by atoms with Crippen LogP contribution in [0.4, 0.5) is 11.5 Å². The van der Waals surface area contributed by atoms with E-state index in [0.717, 1.165) is 66.4 Å². The van der Waals surface area contributed by atoms with E-state index < -0.39 is 0 Å². The highest BCUT2D eigenvalue weighted by molar-refractivity contribution is 7.17. The highest BCUT2D eigenvalue weighted by atomic mass is 32.1. The number of fused-ring (bicyclic) bond motifs is 2. The summed E-state index contributed by atoms with van der Waals surface area (Å²) >= 11 is 1.20. The summed E-state index contributed by atoms with van der Waals surface area (Å²) in [6.45, 7) is 1.98. The highest BCUT2D eigenvalue weighted by Crippen LogP contribution is 2.36. The smallest absolute Gasteiger partial charge is 0.266 e. The van der Waals surface area contributed by atoms with E-state index in [2.05, 4.69) is 42.3 Å². The van der Waals surface area contributed by atoms with E-state index in [1.807, 2.05) is 18.3 Å². The van der Waals surface area contributed by atoms with Crippen LogP contribution in [-0.4, -0.2) is 75.7 Å². The molecule has 7 rings (SSSR count). The number of benzene rings is 1. The van der Waals surface area contributed by atoms with E-state index in [1.54, 1.807) is 37.2 Å². The molecule has 4 aromatic heterocycles. The summed E-state index contributed by atoms with van der Waals surface area (Å²) in [4.78, 5) is 38.9. The lowest BCUT2D eigenvalue weighted by Gasteiger charge is -2.22. The van der Waals surface area contributed by atoms with E-state index in [1.165, 1.54) is 22.6 Å². The van der Waals surface area contributed by atoms with Gasteiger partial charge in [0, 0.05) is 48.0 Å². The van der Waals surface area contributed by atoms with Gasteiger partial charge in [-0.25, -0.2) is 9.97 Å². The number of carbonyl (C=O) groups excluding carboxylic acids is 2. The average Bonchev–Trinajstić information content (AvgIpc) is 3.77. The summed E-state index contributed by atoms with van der Waals surface area (Å²) in [5.74, 6) is 1.20. The molecular formula is C35H39N9O5S. The Balaban J connectivity index is 0.912. The fourth-order valence-corrected chi connectivity index (χ4v) is 6.86. The third kappa shape index (κ3) is 7.68. The maximum Gasteiger partial charge on any atom is 0.266 e. The van der Waals surface area contributed by atoms with Crippen molar-refractivity contribution in [1.82, 2.24) is 35.3 Å². The minimum absolute atomic E-state index is 0.0298. The van der Waals surface area contributed by atoms with Crippen LogP contribution in [0.5, 0.6) is 11.6 Å². The number of aromatic nitrogens is 6. The number of methoxy groups -OCH3 is 1. The first-order valence-electron chi connectivity index (χ1n) is 16.8. The SMILES string of the molecule is CNC(=O)c1sc(-c2ccnc(NC(=O)C3CC3)c2)nc1OCCOCc1cn(CCNc2c3c(nc4ccc(OC)cc24)CCCC3)nn1. The van der Waals surface area contributed by atoms with Crippen LogP contribution >= 0.6 is 11.3 Å². The number of carbonyl (C=O) groups is 2. The second-order valence-electron chi connectivity index (χ2n) is 12.2. The lowest BCUT2D eigenvalue weighted by atomic mass is 9.92. The standard InChI is InChI=1S/C35H39N9O5S/c1-36-33(46)31-34(41-35(50-31)22-11-12-37-29(17-22)40-32(45)21-7-8-21)49-16-15-48-20-23-19-44(43-42-23)14-13-38-30-25-5-3-4-6-27(25)39-28-10-9-24(47-2)18-26(28)30/h9-12,17-19,21H,3-8,13-16,20H2,1-2H3,(H,36,46)(H,38,39)(H,37,40,45). The summed E-state index contributed by atoms with van der Waals surface area (Å²) in [5.41, 5.74) is 5.99. The molecule has 0 spiro atoms. The summed E-state index contributed by atoms with van der Waals surface area (Å²) < 4.78 is 19.0. The van der Waals surface area contributed by atoms with E-state index in [4.69, 9.17) is 19.2 Å². The van der Waals surface area contributed by atoms with Crippen molar-refractivity contribution in [1.29, 1.82) is 0 Å². The van der Waals surface area contributed by atoms with E-state index in [0.29, 0.717) is 34.5 Å². The molecule has 0 radical (unpaired) electrons. The number of ether oxygens (including phenoxy) is 3. The zero-order chi connectivity index (χ0) is 34.5. The number of anilines is 2. The molecule has 0 saturated heterocycles. The summed E-state index contributed by atoms with van der Waals surface area (Å²) in [6.07, 6.45) is 9.61. The fourth-order valence-electron chi connectivity index (χ4n) is 5.91. The monoisotopic (exact) mass is 697 g/mol. The Bertz CT molecular complexity index is 2010. The third-order valence-electron chi connectivity index (χ3n) is 8.65. The Morgan fingerprint density at radius 2 is 1.96 bits per heavy atom. The largest absolute Gasteiger partial charge is 0.497 e. The van der Waals surface area contributed by atoms with Gasteiger partial charge in [0.25, 0.3) is 5.91 Å². The maximum absolute atomic E-state index is 12.6. The molecule has 2 amide bonds. The van der Waals surface area contributed by atoms with Gasteiger partial charge in [0.2, 0.25) is 11.8 Å². The Morgan fingerprint density at radius 3 is 2.80 bits per heavy atom. The molecule has 15 heteroatoms. The molecule has 3 N–H and O–H groups in total. The second kappa shape index (κ2) is 15.2. The van der Waals surface area contributed by atoms with Gasteiger partial charge in [-0.2, -0.15) is 0 Å². The number of hydrogen-bond donors (Lipinski definition) is 3. The Morgan fingerprint density at radius 1 is 1.08 bits per heavy atom. The van der Waals surface area contributed by atoms with E-state index >= 15 is 0 Å². The van der Waals surface area contributed by atoms with Crippen molar-refractivity contribution >= 4 is 45.6 Å². The van der Waals surface area contributed by atoms with Crippen molar-refractivity contribution in [3.8, 4) is 22.2 Å². The van der Waals surface area contributed by atoms with Crippen molar-refractivity contribution in [3.63, 3.8) is 0 Å². The van der Waals surface area contributed by atoms with Gasteiger partial charge < -0.3 is 30.2 Å². The van der Waals surface area contributed by atoms with Crippen molar-refractivity contribution in [2.75, 3.05) is 44.5 Å². The van der Waals surface area contributed by atoms with Crippen LogP contribution in [0.2, 0.25) is 0 Å². The topological polar surface area (TPSA) is 167 Å². The van der Waals surface area contributed by atoms with Gasteiger partial charge in [0.1, 0.15) is 28.9 Å². The minimum Gasteiger partial charge on any atom is -0.497 e. The molecule has 5 aromatic rings. The van der Waals surface area contributed by atoms with Gasteiger partial charge in [0.05, 0.1) is 38.6 Å². The van der Waals surface area contributed by atoms with Crippen molar-refractivity contribution in [3.05, 3.63) is 64.6 Å². The molecule has 50 heavy (non-hydrogen) atoms. The van der Waals surface area contributed by atoms with E-state index in [9.17, 15) is 9.59 Å². The van der Waals surface area contributed by atoms with Gasteiger partial charge in [-0.15, -0.1) is 16.4 Å². The number of aryl methyl sites for hydroxylation is 1. The number of thiazole rings is 1. The number of nitrogens with zero attached hydrogens (tertiary/aromatic N) is 6. The fraction of sp³-hybridized carbons (Fsp3) is 0.400. The molecule has 2 aliphatic carbocycles. The summed E-state index contributed by atoms with van der Waals surface area (Å²) in [5, 5.41) is 19.3. The van der Waals surface area contributed by atoms with Crippen molar-refractivity contribution in [2.24, 2.45) is 5.92 Å². The third-order valence-corrected chi connectivity index (χ3v) is 9.73. The Kier molecular flexibility index (Phi) is 10.1. The second-order valence-corrected chi connectivity index (χ2v) is 13.2. The molecule has 0 unspecified atom stereocenters. The normalized spacial score (nSPS) is 13.9. The number of pyridine rings is 2. The average molecular weight is 698 g/mol. The molecule has 2 aliphatic rings. The van der Waals surface area contributed by atoms with Crippen LogP contribution in [0.3, 0.4) is 0 Å². The molecule has 0 atom stereocenters. The van der Waals surface area contributed by atoms with Gasteiger partial charge >= 0.3 is 0 Å². The molecule has 1 saturated carbocycles. The molecule has 4 heterocycles. The zero-order valence-corrected chi connectivity index (χ0v) is 28.8. The first kappa shape index (κ1) is 33.4. The lowest BCUT2D eigenvalue weighted by Crippen LogP contribution is -2.18. The summed E-state index contributed by atoms with van der Waals surface area (Å²) in [7, 11) is 3.24. The number of amides is 2. The van der Waals surface area contributed by atoms with Gasteiger partial charge in [-0.3, -0.25) is 19.3 Å². The molecule has 1 fully saturated rings. The van der Waals surface area contributed by atoms with Crippen LogP contribution in [0.1, 0.15) is 52.3 Å². The Hall–Kier alpha value is -5.15. The minimum atomic E-state index is -0.302. The van der Waals surface area contributed by atoms with Gasteiger partial charge in [0.15, 0.2) is 4.88 Å².